The molecule has 0 radical (unpaired) electrons. The summed E-state index contributed by atoms with van der Waals surface area (Å²) >= 11 is 0. The molecule has 2 fully saturated rings. The summed E-state index contributed by atoms with van der Waals surface area (Å²) in [4.78, 5) is 0. The van der Waals surface area contributed by atoms with E-state index in [1.165, 1.54) is 64.2 Å². The van der Waals surface area contributed by atoms with Crippen LogP contribution in [0.1, 0.15) is 103 Å². The van der Waals surface area contributed by atoms with Crippen molar-refractivity contribution in [2.75, 3.05) is 6.61 Å². The number of halogens is 2. The Morgan fingerprint density at radius 3 is 2.00 bits per heavy atom. The fourth-order valence-electron chi connectivity index (χ4n) is 5.83. The lowest BCUT2D eigenvalue weighted by Gasteiger charge is -2.37. The van der Waals surface area contributed by atoms with Gasteiger partial charge in [0, 0.05) is 0 Å². The molecule has 1 aromatic carbocycles. The summed E-state index contributed by atoms with van der Waals surface area (Å²) in [7, 11) is 0. The molecule has 30 heavy (non-hydrogen) atoms. The molecule has 0 N–H and O–H groups in total. The molecule has 2 aliphatic carbocycles. The van der Waals surface area contributed by atoms with Crippen molar-refractivity contribution >= 4 is 0 Å². The van der Waals surface area contributed by atoms with Gasteiger partial charge < -0.3 is 4.74 Å². The van der Waals surface area contributed by atoms with Crippen LogP contribution in [0.2, 0.25) is 0 Å². The molecule has 3 heteroatoms. The maximum atomic E-state index is 14.4. The van der Waals surface area contributed by atoms with Gasteiger partial charge in [0.25, 0.3) is 0 Å². The molecule has 0 bridgehead atoms. The van der Waals surface area contributed by atoms with Crippen molar-refractivity contribution < 1.29 is 13.5 Å². The second-order valence-electron chi connectivity index (χ2n) is 9.97. The van der Waals surface area contributed by atoms with Crippen LogP contribution in [0.3, 0.4) is 0 Å². The van der Waals surface area contributed by atoms with Crippen LogP contribution in [0.4, 0.5) is 8.78 Å². The van der Waals surface area contributed by atoms with Crippen LogP contribution in [0.5, 0.6) is 5.75 Å². The van der Waals surface area contributed by atoms with Crippen molar-refractivity contribution in [1.82, 2.24) is 0 Å². The predicted molar refractivity (Wildman–Crippen MR) is 121 cm³/mol. The van der Waals surface area contributed by atoms with Gasteiger partial charge in [0.2, 0.25) is 5.82 Å². The number of rotatable bonds is 10. The molecule has 0 aromatic heterocycles. The summed E-state index contributed by atoms with van der Waals surface area (Å²) in [6.45, 7) is 4.93. The van der Waals surface area contributed by atoms with Gasteiger partial charge >= 0.3 is 0 Å². The highest BCUT2D eigenvalue weighted by molar-refractivity contribution is 5.31. The molecule has 2 saturated carbocycles. The number of hydrogen-bond acceptors (Lipinski definition) is 1. The third kappa shape index (κ3) is 6.44. The first-order valence-electron chi connectivity index (χ1n) is 12.7. The summed E-state index contributed by atoms with van der Waals surface area (Å²) in [6, 6.07) is 3.33. The summed E-state index contributed by atoms with van der Waals surface area (Å²) in [5, 5.41) is 0. The van der Waals surface area contributed by atoms with Gasteiger partial charge in [-0.05, 0) is 86.7 Å². The van der Waals surface area contributed by atoms with E-state index in [-0.39, 0.29) is 5.75 Å². The molecule has 170 valence electrons. The SMILES string of the molecule is CCCCCc1ccc(OCC2CCC(C3CCC(CCC)CC3)CC2)c(F)c1F. The van der Waals surface area contributed by atoms with E-state index in [1.54, 1.807) is 12.1 Å². The maximum Gasteiger partial charge on any atom is 0.200 e. The summed E-state index contributed by atoms with van der Waals surface area (Å²) < 4.78 is 34.5. The fraction of sp³-hybridized carbons (Fsp3) is 0.778. The Morgan fingerprint density at radius 2 is 1.40 bits per heavy atom. The average Bonchev–Trinajstić information content (AvgIpc) is 2.77. The van der Waals surface area contributed by atoms with Crippen LogP contribution in [0.25, 0.3) is 0 Å². The minimum absolute atomic E-state index is 0.0862. The zero-order chi connectivity index (χ0) is 21.3. The minimum Gasteiger partial charge on any atom is -0.490 e. The lowest BCUT2D eigenvalue weighted by atomic mass is 9.69. The Hall–Kier alpha value is -1.12. The minimum atomic E-state index is -0.804. The van der Waals surface area contributed by atoms with Crippen LogP contribution in [-0.4, -0.2) is 6.61 Å². The molecule has 0 heterocycles. The van der Waals surface area contributed by atoms with Crippen molar-refractivity contribution in [2.24, 2.45) is 23.7 Å². The van der Waals surface area contributed by atoms with Gasteiger partial charge in [-0.3, -0.25) is 0 Å². The molecule has 0 atom stereocenters. The van der Waals surface area contributed by atoms with Crippen LogP contribution >= 0.6 is 0 Å². The zero-order valence-corrected chi connectivity index (χ0v) is 19.2. The Morgan fingerprint density at radius 1 is 0.767 bits per heavy atom. The van der Waals surface area contributed by atoms with Gasteiger partial charge in [0.1, 0.15) is 0 Å². The van der Waals surface area contributed by atoms with Gasteiger partial charge in [-0.15, -0.1) is 0 Å². The first-order valence-corrected chi connectivity index (χ1v) is 12.7. The second kappa shape index (κ2) is 12.1. The van der Waals surface area contributed by atoms with Gasteiger partial charge in [-0.1, -0.05) is 58.4 Å². The monoisotopic (exact) mass is 420 g/mol. The first-order chi connectivity index (χ1) is 14.6. The molecule has 0 saturated heterocycles. The van der Waals surface area contributed by atoms with E-state index in [1.807, 2.05) is 0 Å². The third-order valence-corrected chi connectivity index (χ3v) is 7.80. The molecule has 0 unspecified atom stereocenters. The highest BCUT2D eigenvalue weighted by atomic mass is 19.2. The van der Waals surface area contributed by atoms with Crippen molar-refractivity contribution in [1.29, 1.82) is 0 Å². The zero-order valence-electron chi connectivity index (χ0n) is 19.2. The highest BCUT2D eigenvalue weighted by Gasteiger charge is 2.31. The van der Waals surface area contributed by atoms with E-state index >= 15 is 0 Å². The van der Waals surface area contributed by atoms with Crippen LogP contribution in [0.15, 0.2) is 12.1 Å². The quantitative estimate of drug-likeness (QED) is 0.345. The molecule has 2 aliphatic rings. The summed E-state index contributed by atoms with van der Waals surface area (Å²) in [6.07, 6.45) is 17.0. The number of benzene rings is 1. The van der Waals surface area contributed by atoms with Crippen molar-refractivity contribution in [3.05, 3.63) is 29.3 Å². The third-order valence-electron chi connectivity index (χ3n) is 7.80. The summed E-state index contributed by atoms with van der Waals surface area (Å²) in [5.41, 5.74) is 0.475. The van der Waals surface area contributed by atoms with E-state index in [0.717, 1.165) is 37.0 Å². The van der Waals surface area contributed by atoms with Crippen molar-refractivity contribution in [3.63, 3.8) is 0 Å². The fourth-order valence-corrected chi connectivity index (χ4v) is 5.83. The van der Waals surface area contributed by atoms with Crippen molar-refractivity contribution in [2.45, 2.75) is 104 Å². The Kier molecular flexibility index (Phi) is 9.46. The molecule has 3 rings (SSSR count). The van der Waals surface area contributed by atoms with Gasteiger partial charge in [0.05, 0.1) is 6.61 Å². The smallest absolute Gasteiger partial charge is 0.200 e. The van der Waals surface area contributed by atoms with Crippen LogP contribution in [-0.2, 0) is 6.42 Å². The Bertz CT molecular complexity index is 628. The molecule has 0 amide bonds. The van der Waals surface area contributed by atoms with E-state index < -0.39 is 11.6 Å². The Balaban J connectivity index is 1.41. The number of unbranched alkanes of at least 4 members (excludes halogenated alkanes) is 2. The lowest BCUT2D eigenvalue weighted by Crippen LogP contribution is -2.27. The topological polar surface area (TPSA) is 9.23 Å². The number of hydrogen-bond donors (Lipinski definition) is 0. The van der Waals surface area contributed by atoms with E-state index in [4.69, 9.17) is 4.74 Å². The average molecular weight is 421 g/mol. The second-order valence-corrected chi connectivity index (χ2v) is 9.97. The van der Waals surface area contributed by atoms with Gasteiger partial charge in [0.15, 0.2) is 11.6 Å². The molecule has 0 aliphatic heterocycles. The highest BCUT2D eigenvalue weighted by Crippen LogP contribution is 2.42. The van der Waals surface area contributed by atoms with Gasteiger partial charge in [-0.2, -0.15) is 4.39 Å². The maximum absolute atomic E-state index is 14.4. The summed E-state index contributed by atoms with van der Waals surface area (Å²) in [5.74, 6) is 1.82. The largest absolute Gasteiger partial charge is 0.490 e. The standard InChI is InChI=1S/C27H42F2O/c1-3-5-6-8-24-17-18-25(27(29)26(24)28)30-19-21-11-15-23(16-12-21)22-13-9-20(7-4-2)10-14-22/h17-18,20-23H,3-16,19H2,1-2H3. The first kappa shape index (κ1) is 23.5. The number of ether oxygens (including phenoxy) is 1. The molecule has 1 nitrogen and oxygen atoms in total. The van der Waals surface area contributed by atoms with Gasteiger partial charge in [-0.25, -0.2) is 4.39 Å². The molecular weight excluding hydrogens is 378 g/mol. The van der Waals surface area contributed by atoms with Crippen molar-refractivity contribution in [3.8, 4) is 5.75 Å². The van der Waals surface area contributed by atoms with E-state index in [2.05, 4.69) is 13.8 Å². The molecule has 0 spiro atoms. The Labute approximate surface area is 183 Å². The number of aryl methyl sites for hydroxylation is 1. The molecular formula is C27H42F2O. The molecule has 1 aromatic rings. The lowest BCUT2D eigenvalue weighted by molar-refractivity contribution is 0.120. The van der Waals surface area contributed by atoms with Crippen LogP contribution < -0.4 is 4.74 Å². The normalized spacial score (nSPS) is 27.2. The van der Waals surface area contributed by atoms with E-state index in [0.29, 0.717) is 24.5 Å². The van der Waals surface area contributed by atoms with Crippen LogP contribution in [0, 0.1) is 35.3 Å². The predicted octanol–water partition coefficient (Wildman–Crippen LogP) is 8.49. The van der Waals surface area contributed by atoms with E-state index in [9.17, 15) is 8.78 Å².